The Bertz CT molecular complexity index is 635. The van der Waals surface area contributed by atoms with E-state index in [1.165, 1.54) is 12.8 Å². The predicted octanol–water partition coefficient (Wildman–Crippen LogP) is 1.74. The lowest BCUT2D eigenvalue weighted by atomic mass is 9.98. The molecule has 0 unspecified atom stereocenters. The van der Waals surface area contributed by atoms with Gasteiger partial charge in [-0.25, -0.2) is 4.68 Å². The van der Waals surface area contributed by atoms with E-state index in [0.717, 1.165) is 30.4 Å². The van der Waals surface area contributed by atoms with Crippen LogP contribution >= 0.6 is 0 Å². The van der Waals surface area contributed by atoms with E-state index in [1.54, 1.807) is 10.9 Å². The summed E-state index contributed by atoms with van der Waals surface area (Å²) < 4.78 is 1.63. The standard InChI is InChI=1S/C15H19N3O/c1-17-8-4-5-12(10-17)11-18-15(19)14-7-3-2-6-13(14)9-16-18/h2-3,6-7,9,12H,4-5,8,10-11H2,1H3/t12-/m0/s1. The normalized spacial score (nSPS) is 20.8. The van der Waals surface area contributed by atoms with Gasteiger partial charge in [0.05, 0.1) is 11.6 Å². The Balaban J connectivity index is 1.89. The maximum atomic E-state index is 12.4. The van der Waals surface area contributed by atoms with Crippen molar-refractivity contribution in [3.05, 3.63) is 40.8 Å². The summed E-state index contributed by atoms with van der Waals surface area (Å²) in [7, 11) is 2.14. The second-order valence-corrected chi connectivity index (χ2v) is 5.49. The van der Waals surface area contributed by atoms with E-state index in [9.17, 15) is 4.79 Å². The van der Waals surface area contributed by atoms with Gasteiger partial charge in [-0.3, -0.25) is 4.79 Å². The van der Waals surface area contributed by atoms with Crippen LogP contribution in [0.1, 0.15) is 12.8 Å². The lowest BCUT2D eigenvalue weighted by molar-refractivity contribution is 0.189. The van der Waals surface area contributed by atoms with Gasteiger partial charge in [-0.05, 0) is 38.4 Å². The SMILES string of the molecule is CN1CCC[C@H](Cn2ncc3ccccc3c2=O)C1. The summed E-state index contributed by atoms with van der Waals surface area (Å²) >= 11 is 0. The van der Waals surface area contributed by atoms with Gasteiger partial charge in [0, 0.05) is 18.5 Å². The molecule has 1 aromatic carbocycles. The van der Waals surface area contributed by atoms with Gasteiger partial charge in [0.1, 0.15) is 0 Å². The smallest absolute Gasteiger partial charge is 0.274 e. The van der Waals surface area contributed by atoms with Crippen LogP contribution in [-0.2, 0) is 6.54 Å². The van der Waals surface area contributed by atoms with Crippen LogP contribution in [0.4, 0.5) is 0 Å². The van der Waals surface area contributed by atoms with Crippen molar-refractivity contribution in [1.29, 1.82) is 0 Å². The van der Waals surface area contributed by atoms with Gasteiger partial charge in [0.15, 0.2) is 0 Å². The number of hydrogen-bond donors (Lipinski definition) is 0. The highest BCUT2D eigenvalue weighted by Crippen LogP contribution is 2.16. The van der Waals surface area contributed by atoms with E-state index in [1.807, 2.05) is 24.3 Å². The third kappa shape index (κ3) is 2.54. The van der Waals surface area contributed by atoms with Gasteiger partial charge in [-0.15, -0.1) is 0 Å². The Kier molecular flexibility index (Phi) is 3.34. The van der Waals surface area contributed by atoms with Crippen molar-refractivity contribution in [3.8, 4) is 0 Å². The maximum absolute atomic E-state index is 12.4. The van der Waals surface area contributed by atoms with Crippen LogP contribution in [0.3, 0.4) is 0 Å². The summed E-state index contributed by atoms with van der Waals surface area (Å²) in [5.74, 6) is 0.533. The molecule has 4 heteroatoms. The first-order valence-corrected chi connectivity index (χ1v) is 6.87. The minimum absolute atomic E-state index is 0.0336. The van der Waals surface area contributed by atoms with Crippen molar-refractivity contribution in [2.24, 2.45) is 5.92 Å². The highest BCUT2D eigenvalue weighted by molar-refractivity contribution is 5.80. The van der Waals surface area contributed by atoms with Crippen molar-refractivity contribution >= 4 is 10.8 Å². The molecule has 0 amide bonds. The Labute approximate surface area is 112 Å². The number of hydrogen-bond acceptors (Lipinski definition) is 3. The van der Waals surface area contributed by atoms with Crippen LogP contribution in [0.5, 0.6) is 0 Å². The van der Waals surface area contributed by atoms with Gasteiger partial charge in [-0.2, -0.15) is 5.10 Å². The van der Waals surface area contributed by atoms with Crippen LogP contribution in [0, 0.1) is 5.92 Å². The summed E-state index contributed by atoms with van der Waals surface area (Å²) in [6.45, 7) is 2.95. The molecule has 1 aliphatic rings. The molecule has 100 valence electrons. The van der Waals surface area contributed by atoms with Crippen molar-refractivity contribution in [2.45, 2.75) is 19.4 Å². The molecule has 4 nitrogen and oxygen atoms in total. The minimum Gasteiger partial charge on any atom is -0.306 e. The second kappa shape index (κ2) is 5.13. The average molecular weight is 257 g/mol. The largest absolute Gasteiger partial charge is 0.306 e. The fraction of sp³-hybridized carbons (Fsp3) is 0.467. The van der Waals surface area contributed by atoms with E-state index in [4.69, 9.17) is 0 Å². The lowest BCUT2D eigenvalue weighted by Crippen LogP contribution is -2.36. The zero-order chi connectivity index (χ0) is 13.2. The number of benzene rings is 1. The number of rotatable bonds is 2. The monoisotopic (exact) mass is 257 g/mol. The van der Waals surface area contributed by atoms with E-state index in [0.29, 0.717) is 5.92 Å². The van der Waals surface area contributed by atoms with Gasteiger partial charge in [0.2, 0.25) is 0 Å². The van der Waals surface area contributed by atoms with Gasteiger partial charge < -0.3 is 4.90 Å². The molecule has 1 fully saturated rings. The summed E-state index contributed by atoms with van der Waals surface area (Å²) in [6.07, 6.45) is 4.19. The first kappa shape index (κ1) is 12.4. The van der Waals surface area contributed by atoms with Gasteiger partial charge in [0.25, 0.3) is 5.56 Å². The highest BCUT2D eigenvalue weighted by Gasteiger charge is 2.18. The number of piperidine rings is 1. The fourth-order valence-electron chi connectivity index (χ4n) is 2.92. The Morgan fingerprint density at radius 1 is 1.37 bits per heavy atom. The van der Waals surface area contributed by atoms with Crippen LogP contribution in [0.25, 0.3) is 10.8 Å². The lowest BCUT2D eigenvalue weighted by Gasteiger charge is -2.29. The quantitative estimate of drug-likeness (QED) is 0.822. The van der Waals surface area contributed by atoms with E-state index in [2.05, 4.69) is 17.0 Å². The number of likely N-dealkylation sites (tertiary alicyclic amines) is 1. The summed E-state index contributed by atoms with van der Waals surface area (Å²) in [6, 6.07) is 7.65. The van der Waals surface area contributed by atoms with Crippen LogP contribution in [0.15, 0.2) is 35.3 Å². The van der Waals surface area contributed by atoms with Crippen molar-refractivity contribution < 1.29 is 0 Å². The fourth-order valence-corrected chi connectivity index (χ4v) is 2.92. The zero-order valence-corrected chi connectivity index (χ0v) is 11.2. The minimum atomic E-state index is 0.0336. The van der Waals surface area contributed by atoms with Crippen molar-refractivity contribution in [1.82, 2.24) is 14.7 Å². The molecule has 2 aromatic rings. The molecule has 0 saturated carbocycles. The Hall–Kier alpha value is -1.68. The third-order valence-corrected chi connectivity index (χ3v) is 3.92. The second-order valence-electron chi connectivity index (χ2n) is 5.49. The molecule has 1 aromatic heterocycles. The molecule has 2 heterocycles. The summed E-state index contributed by atoms with van der Waals surface area (Å²) in [5, 5.41) is 6.00. The van der Waals surface area contributed by atoms with E-state index >= 15 is 0 Å². The molecule has 19 heavy (non-hydrogen) atoms. The average Bonchev–Trinajstić information content (AvgIpc) is 2.42. The molecule has 0 spiro atoms. The highest BCUT2D eigenvalue weighted by atomic mass is 16.1. The zero-order valence-electron chi connectivity index (χ0n) is 11.2. The molecular weight excluding hydrogens is 238 g/mol. The maximum Gasteiger partial charge on any atom is 0.274 e. The Morgan fingerprint density at radius 2 is 2.21 bits per heavy atom. The molecule has 1 saturated heterocycles. The molecule has 1 aliphatic heterocycles. The molecule has 1 atom stereocenters. The molecule has 0 radical (unpaired) electrons. The number of fused-ring (bicyclic) bond motifs is 1. The predicted molar refractivity (Wildman–Crippen MR) is 76.2 cm³/mol. The molecule has 0 N–H and O–H groups in total. The van der Waals surface area contributed by atoms with E-state index in [-0.39, 0.29) is 5.56 Å². The number of aromatic nitrogens is 2. The van der Waals surface area contributed by atoms with Crippen LogP contribution < -0.4 is 5.56 Å². The van der Waals surface area contributed by atoms with Crippen LogP contribution in [-0.4, -0.2) is 34.8 Å². The van der Waals surface area contributed by atoms with Crippen molar-refractivity contribution in [2.75, 3.05) is 20.1 Å². The van der Waals surface area contributed by atoms with Crippen molar-refractivity contribution in [3.63, 3.8) is 0 Å². The summed E-state index contributed by atoms with van der Waals surface area (Å²) in [5.41, 5.74) is 0.0336. The number of nitrogens with zero attached hydrogens (tertiary/aromatic N) is 3. The van der Waals surface area contributed by atoms with Gasteiger partial charge in [-0.1, -0.05) is 18.2 Å². The van der Waals surface area contributed by atoms with Gasteiger partial charge >= 0.3 is 0 Å². The Morgan fingerprint density at radius 3 is 3.05 bits per heavy atom. The molecule has 3 rings (SSSR count). The topological polar surface area (TPSA) is 38.1 Å². The molecular formula is C15H19N3O. The van der Waals surface area contributed by atoms with Crippen LogP contribution in [0.2, 0.25) is 0 Å². The first-order valence-electron chi connectivity index (χ1n) is 6.87. The third-order valence-electron chi connectivity index (χ3n) is 3.92. The molecule has 0 bridgehead atoms. The first-order chi connectivity index (χ1) is 9.24. The summed E-state index contributed by atoms with van der Waals surface area (Å²) in [4.78, 5) is 14.7. The van der Waals surface area contributed by atoms with E-state index < -0.39 is 0 Å². The molecule has 0 aliphatic carbocycles.